The highest BCUT2D eigenvalue weighted by Crippen LogP contribution is 2.57. The van der Waals surface area contributed by atoms with E-state index in [1.165, 1.54) is 79.6 Å². The molecule has 2 aliphatic carbocycles. The Morgan fingerprint density at radius 3 is 1.68 bits per heavy atom. The summed E-state index contributed by atoms with van der Waals surface area (Å²) < 4.78 is 6.64. The summed E-state index contributed by atoms with van der Waals surface area (Å²) in [5.41, 5.74) is 19.9. The van der Waals surface area contributed by atoms with E-state index in [1.807, 2.05) is 0 Å². The Balaban J connectivity index is 0.959. The van der Waals surface area contributed by atoms with Crippen molar-refractivity contribution in [2.45, 2.75) is 83.0 Å². The van der Waals surface area contributed by atoms with Gasteiger partial charge in [0, 0.05) is 17.1 Å². The van der Waals surface area contributed by atoms with Crippen LogP contribution >= 0.6 is 0 Å². The maximum atomic E-state index is 6.64. The Bertz CT molecular complexity index is 3220. The Kier molecular flexibility index (Phi) is 11.7. The van der Waals surface area contributed by atoms with E-state index < -0.39 is 5.41 Å². The van der Waals surface area contributed by atoms with Crippen LogP contribution in [0.3, 0.4) is 0 Å². The minimum Gasteiger partial charge on any atom is -0.457 e. The van der Waals surface area contributed by atoms with Crippen molar-refractivity contribution in [3.8, 4) is 33.8 Å². The van der Waals surface area contributed by atoms with E-state index in [-0.39, 0.29) is 5.41 Å². The molecule has 0 heterocycles. The molecule has 3 atom stereocenters. The van der Waals surface area contributed by atoms with E-state index in [9.17, 15) is 0 Å². The molecule has 9 aromatic carbocycles. The van der Waals surface area contributed by atoms with E-state index in [1.54, 1.807) is 5.56 Å². The van der Waals surface area contributed by atoms with Gasteiger partial charge in [-0.15, -0.1) is 0 Å². The van der Waals surface area contributed by atoms with Crippen molar-refractivity contribution < 1.29 is 4.74 Å². The van der Waals surface area contributed by atoms with Gasteiger partial charge >= 0.3 is 0 Å². The minimum atomic E-state index is -0.606. The molecule has 0 aliphatic heterocycles. The van der Waals surface area contributed by atoms with Gasteiger partial charge in [0.25, 0.3) is 0 Å². The molecule has 0 amide bonds. The van der Waals surface area contributed by atoms with Gasteiger partial charge in [-0.05, 0) is 176 Å². The van der Waals surface area contributed by atoms with Crippen LogP contribution in [0, 0.1) is 0 Å². The fraction of sp³-hybridized carbons (Fsp3) is 0.194. The average molecular weight is 896 g/mol. The number of ether oxygens (including phenoxy) is 1. The number of rotatable bonds is 13. The molecule has 2 heteroatoms. The third kappa shape index (κ3) is 8.27. The zero-order chi connectivity index (χ0) is 47.1. The summed E-state index contributed by atoms with van der Waals surface area (Å²) in [4.78, 5) is 2.39. The van der Waals surface area contributed by atoms with Crippen molar-refractivity contribution in [1.29, 1.82) is 0 Å². The van der Waals surface area contributed by atoms with Gasteiger partial charge in [-0.25, -0.2) is 0 Å². The first-order valence-electron chi connectivity index (χ1n) is 25.0. The van der Waals surface area contributed by atoms with Crippen LogP contribution in [0.2, 0.25) is 0 Å². The number of hydrogen-bond donors (Lipinski definition) is 0. The van der Waals surface area contributed by atoms with Crippen molar-refractivity contribution in [1.82, 2.24) is 0 Å². The SMILES string of the molecule is CCC(CC(C)c1ccc(Oc2ccc(C3(c4ccc(C(C)(C)C)cc4)c4ccccc4-c4ccc(N(c5ccccc5)c5ccc(-c6ccccc6)cc5)cc43)cc2)cc1)c1ccc2c(c1)CC2. The summed E-state index contributed by atoms with van der Waals surface area (Å²) >= 11 is 0. The molecule has 0 bridgehead atoms. The lowest BCUT2D eigenvalue weighted by atomic mass is 9.67. The topological polar surface area (TPSA) is 12.5 Å². The number of nitrogens with zero attached hydrogens (tertiary/aromatic N) is 1. The molecule has 3 unspecified atom stereocenters. The van der Waals surface area contributed by atoms with Crippen molar-refractivity contribution in [2.24, 2.45) is 0 Å². The van der Waals surface area contributed by atoms with Gasteiger partial charge in [-0.1, -0.05) is 192 Å². The number of aryl methyl sites for hydroxylation is 2. The van der Waals surface area contributed by atoms with Crippen molar-refractivity contribution in [3.05, 3.63) is 268 Å². The molecular formula is C67H61NO. The van der Waals surface area contributed by atoms with Gasteiger partial charge in [0.2, 0.25) is 0 Å². The summed E-state index contributed by atoms with van der Waals surface area (Å²) in [7, 11) is 0. The standard InChI is InChI=1S/C67H61NO/c1-6-47(52-23-21-51-22-24-53(51)44-52)43-46(2)48-27-38-60(39-28-48)69-61-40-33-56(34-41-61)67(55-31-29-54(30-32-55)66(3,4)5)64-20-14-13-19-62(64)63-42-37-59(45-65(63)67)68(57-17-11-8-12-18-57)58-35-25-50(26-36-58)49-15-9-7-10-16-49/h7-21,23,25-42,44-47H,6,22,24,43H2,1-5H3. The van der Waals surface area contributed by atoms with Gasteiger partial charge in [0.05, 0.1) is 5.41 Å². The number of hydrogen-bond acceptors (Lipinski definition) is 2. The summed E-state index contributed by atoms with van der Waals surface area (Å²) in [6.45, 7) is 11.6. The van der Waals surface area contributed by atoms with Crippen LogP contribution < -0.4 is 9.64 Å². The lowest BCUT2D eigenvalue weighted by Crippen LogP contribution is -2.29. The van der Waals surface area contributed by atoms with E-state index in [2.05, 4.69) is 258 Å². The Morgan fingerprint density at radius 1 is 0.493 bits per heavy atom. The van der Waals surface area contributed by atoms with Gasteiger partial charge in [0.1, 0.15) is 11.5 Å². The highest BCUT2D eigenvalue weighted by Gasteiger charge is 2.46. The van der Waals surface area contributed by atoms with Crippen LogP contribution in [-0.2, 0) is 23.7 Å². The molecule has 2 aliphatic rings. The van der Waals surface area contributed by atoms with E-state index in [4.69, 9.17) is 4.74 Å². The molecule has 0 spiro atoms. The smallest absolute Gasteiger partial charge is 0.127 e. The van der Waals surface area contributed by atoms with Crippen LogP contribution in [0.25, 0.3) is 22.3 Å². The molecule has 0 N–H and O–H groups in total. The molecule has 0 radical (unpaired) electrons. The molecule has 0 fully saturated rings. The lowest BCUT2D eigenvalue weighted by Gasteiger charge is -2.35. The van der Waals surface area contributed by atoms with Crippen LogP contribution in [0.5, 0.6) is 11.5 Å². The Labute approximate surface area is 409 Å². The normalized spacial score (nSPS) is 15.6. The molecule has 11 rings (SSSR count). The zero-order valence-corrected chi connectivity index (χ0v) is 40.6. The maximum Gasteiger partial charge on any atom is 0.127 e. The second-order valence-corrected chi connectivity index (χ2v) is 20.4. The molecule has 9 aromatic rings. The first-order chi connectivity index (χ1) is 33.7. The number of benzene rings is 9. The summed E-state index contributed by atoms with van der Waals surface area (Å²) in [6.07, 6.45) is 4.75. The largest absolute Gasteiger partial charge is 0.457 e. The first kappa shape index (κ1) is 44.1. The predicted molar refractivity (Wildman–Crippen MR) is 289 cm³/mol. The van der Waals surface area contributed by atoms with Crippen LogP contribution in [0.4, 0.5) is 17.1 Å². The Hall–Kier alpha value is -7.42. The predicted octanol–water partition coefficient (Wildman–Crippen LogP) is 18.1. The molecular weight excluding hydrogens is 835 g/mol. The van der Waals surface area contributed by atoms with Gasteiger partial charge in [-0.3, -0.25) is 0 Å². The molecule has 0 saturated carbocycles. The van der Waals surface area contributed by atoms with Crippen LogP contribution in [0.15, 0.2) is 218 Å². The van der Waals surface area contributed by atoms with Crippen molar-refractivity contribution >= 4 is 17.1 Å². The molecule has 340 valence electrons. The van der Waals surface area contributed by atoms with Crippen LogP contribution in [0.1, 0.15) is 109 Å². The zero-order valence-electron chi connectivity index (χ0n) is 40.6. The van der Waals surface area contributed by atoms with Gasteiger partial charge in [-0.2, -0.15) is 0 Å². The fourth-order valence-electron chi connectivity index (χ4n) is 11.2. The minimum absolute atomic E-state index is 0.0202. The Morgan fingerprint density at radius 2 is 1.04 bits per heavy atom. The summed E-state index contributed by atoms with van der Waals surface area (Å²) in [5, 5.41) is 0. The number of fused-ring (bicyclic) bond motifs is 4. The number of anilines is 3. The van der Waals surface area contributed by atoms with E-state index in [0.717, 1.165) is 41.4 Å². The van der Waals surface area contributed by atoms with Crippen LogP contribution in [-0.4, -0.2) is 0 Å². The van der Waals surface area contributed by atoms with Crippen molar-refractivity contribution in [2.75, 3.05) is 4.90 Å². The van der Waals surface area contributed by atoms with Crippen molar-refractivity contribution in [3.63, 3.8) is 0 Å². The van der Waals surface area contributed by atoms with E-state index >= 15 is 0 Å². The molecule has 69 heavy (non-hydrogen) atoms. The quantitative estimate of drug-likeness (QED) is 0.114. The molecule has 0 saturated heterocycles. The first-order valence-corrected chi connectivity index (χ1v) is 25.0. The lowest BCUT2D eigenvalue weighted by molar-refractivity contribution is 0.481. The third-order valence-corrected chi connectivity index (χ3v) is 15.2. The maximum absolute atomic E-state index is 6.64. The highest BCUT2D eigenvalue weighted by atomic mass is 16.5. The van der Waals surface area contributed by atoms with Gasteiger partial charge in [0.15, 0.2) is 0 Å². The van der Waals surface area contributed by atoms with E-state index in [0.29, 0.717) is 11.8 Å². The fourth-order valence-corrected chi connectivity index (χ4v) is 11.2. The monoisotopic (exact) mass is 895 g/mol. The second kappa shape index (κ2) is 18.2. The number of para-hydroxylation sites is 1. The summed E-state index contributed by atoms with van der Waals surface area (Å²) in [6, 6.07) is 80.8. The summed E-state index contributed by atoms with van der Waals surface area (Å²) in [5.74, 6) is 2.67. The third-order valence-electron chi connectivity index (χ3n) is 15.2. The molecule has 2 nitrogen and oxygen atoms in total. The second-order valence-electron chi connectivity index (χ2n) is 20.4. The van der Waals surface area contributed by atoms with Gasteiger partial charge < -0.3 is 9.64 Å². The molecule has 0 aromatic heterocycles. The average Bonchev–Trinajstić information content (AvgIpc) is 3.67. The highest BCUT2D eigenvalue weighted by molar-refractivity contribution is 5.89.